The van der Waals surface area contributed by atoms with Crippen molar-refractivity contribution in [3.63, 3.8) is 0 Å². The maximum atomic E-state index is 8.48. The van der Waals surface area contributed by atoms with Crippen LogP contribution in [-0.2, 0) is 0 Å². The molecule has 0 bridgehead atoms. The standard InChI is InChI=1S/C15H21BrN2O/c1-3-18-12(2)14-11-13(16)7-8-15(14)19-10-6-4-5-9-17/h7-8,11-12,18H,3-6,10H2,1-2H3. The Labute approximate surface area is 124 Å². The smallest absolute Gasteiger partial charge is 0.124 e. The summed E-state index contributed by atoms with van der Waals surface area (Å²) in [4.78, 5) is 0. The SMILES string of the molecule is CCNC(C)c1cc(Br)ccc1OCCCCC#N. The molecule has 0 amide bonds. The summed E-state index contributed by atoms with van der Waals surface area (Å²) in [5.41, 5.74) is 1.16. The summed E-state index contributed by atoms with van der Waals surface area (Å²) in [6, 6.07) is 8.49. The van der Waals surface area contributed by atoms with E-state index in [1.54, 1.807) is 0 Å². The number of nitriles is 1. The molecule has 104 valence electrons. The molecule has 0 heterocycles. The fourth-order valence-corrected chi connectivity index (χ4v) is 2.27. The van der Waals surface area contributed by atoms with Gasteiger partial charge in [-0.1, -0.05) is 22.9 Å². The van der Waals surface area contributed by atoms with Crippen molar-refractivity contribution in [2.24, 2.45) is 0 Å². The van der Waals surface area contributed by atoms with Crippen LogP contribution in [-0.4, -0.2) is 13.2 Å². The van der Waals surface area contributed by atoms with E-state index in [0.29, 0.717) is 13.0 Å². The van der Waals surface area contributed by atoms with Gasteiger partial charge in [-0.3, -0.25) is 0 Å². The zero-order chi connectivity index (χ0) is 14.1. The molecular weight excluding hydrogens is 304 g/mol. The molecule has 1 rings (SSSR count). The molecule has 0 spiro atoms. The third-order valence-electron chi connectivity index (χ3n) is 2.89. The predicted molar refractivity (Wildman–Crippen MR) is 81.2 cm³/mol. The number of benzene rings is 1. The zero-order valence-electron chi connectivity index (χ0n) is 11.6. The highest BCUT2D eigenvalue weighted by atomic mass is 79.9. The summed E-state index contributed by atoms with van der Waals surface area (Å²) in [5.74, 6) is 0.925. The second kappa shape index (κ2) is 8.95. The van der Waals surface area contributed by atoms with Gasteiger partial charge in [0.2, 0.25) is 0 Å². The fraction of sp³-hybridized carbons (Fsp3) is 0.533. The normalized spacial score (nSPS) is 11.9. The number of hydrogen-bond acceptors (Lipinski definition) is 3. The lowest BCUT2D eigenvalue weighted by atomic mass is 10.1. The van der Waals surface area contributed by atoms with E-state index in [9.17, 15) is 0 Å². The first kappa shape index (κ1) is 16.0. The lowest BCUT2D eigenvalue weighted by Crippen LogP contribution is -2.18. The van der Waals surface area contributed by atoms with E-state index in [2.05, 4.69) is 47.2 Å². The quantitative estimate of drug-likeness (QED) is 0.729. The van der Waals surface area contributed by atoms with Gasteiger partial charge in [0.05, 0.1) is 12.7 Å². The number of halogens is 1. The van der Waals surface area contributed by atoms with E-state index in [4.69, 9.17) is 10.00 Å². The molecule has 3 nitrogen and oxygen atoms in total. The van der Waals surface area contributed by atoms with Crippen molar-refractivity contribution < 1.29 is 4.74 Å². The van der Waals surface area contributed by atoms with Gasteiger partial charge in [-0.25, -0.2) is 0 Å². The number of nitrogens with one attached hydrogen (secondary N) is 1. The maximum Gasteiger partial charge on any atom is 0.124 e. The van der Waals surface area contributed by atoms with Crippen LogP contribution in [0.25, 0.3) is 0 Å². The van der Waals surface area contributed by atoms with Crippen LogP contribution in [0.1, 0.15) is 44.7 Å². The Balaban J connectivity index is 2.63. The largest absolute Gasteiger partial charge is 0.493 e. The van der Waals surface area contributed by atoms with Crippen LogP contribution in [0, 0.1) is 11.3 Å². The Bertz CT molecular complexity index is 429. The highest BCUT2D eigenvalue weighted by Crippen LogP contribution is 2.28. The van der Waals surface area contributed by atoms with Crippen molar-refractivity contribution >= 4 is 15.9 Å². The third-order valence-corrected chi connectivity index (χ3v) is 3.38. The van der Waals surface area contributed by atoms with Crippen LogP contribution >= 0.6 is 15.9 Å². The first-order valence-corrected chi connectivity index (χ1v) is 7.51. The van der Waals surface area contributed by atoms with Crippen LogP contribution < -0.4 is 10.1 Å². The number of ether oxygens (including phenoxy) is 1. The van der Waals surface area contributed by atoms with Crippen molar-refractivity contribution in [2.45, 2.75) is 39.2 Å². The van der Waals surface area contributed by atoms with Crippen molar-refractivity contribution in [1.29, 1.82) is 5.26 Å². The van der Waals surface area contributed by atoms with Crippen molar-refractivity contribution in [1.82, 2.24) is 5.32 Å². The Morgan fingerprint density at radius 3 is 2.89 bits per heavy atom. The Morgan fingerprint density at radius 2 is 2.21 bits per heavy atom. The van der Waals surface area contributed by atoms with Gasteiger partial charge >= 0.3 is 0 Å². The van der Waals surface area contributed by atoms with Gasteiger partial charge in [-0.15, -0.1) is 0 Å². The minimum atomic E-state index is 0.261. The second-order valence-corrected chi connectivity index (χ2v) is 5.34. The van der Waals surface area contributed by atoms with Crippen LogP contribution in [0.3, 0.4) is 0 Å². The van der Waals surface area contributed by atoms with Crippen molar-refractivity contribution in [2.75, 3.05) is 13.2 Å². The average molecular weight is 325 g/mol. The van der Waals surface area contributed by atoms with Gasteiger partial charge in [-0.05, 0) is 44.5 Å². The van der Waals surface area contributed by atoms with E-state index in [1.807, 2.05) is 12.1 Å². The van der Waals surface area contributed by atoms with Crippen LogP contribution in [0.15, 0.2) is 22.7 Å². The molecule has 1 unspecified atom stereocenters. The van der Waals surface area contributed by atoms with Crippen molar-refractivity contribution in [3.05, 3.63) is 28.2 Å². The van der Waals surface area contributed by atoms with E-state index >= 15 is 0 Å². The first-order chi connectivity index (χ1) is 9.19. The highest BCUT2D eigenvalue weighted by molar-refractivity contribution is 9.10. The van der Waals surface area contributed by atoms with E-state index in [0.717, 1.165) is 35.2 Å². The summed E-state index contributed by atoms with van der Waals surface area (Å²) in [6.45, 7) is 5.81. The molecule has 1 N–H and O–H groups in total. The predicted octanol–water partition coefficient (Wildman–Crippen LogP) is 4.19. The Morgan fingerprint density at radius 1 is 1.42 bits per heavy atom. The Kier molecular flexibility index (Phi) is 7.54. The summed E-state index contributed by atoms with van der Waals surface area (Å²) < 4.78 is 6.90. The van der Waals surface area contributed by atoms with Gasteiger partial charge in [0.15, 0.2) is 0 Å². The highest BCUT2D eigenvalue weighted by Gasteiger charge is 2.11. The molecule has 1 atom stereocenters. The molecule has 0 saturated carbocycles. The maximum absolute atomic E-state index is 8.48. The first-order valence-electron chi connectivity index (χ1n) is 6.71. The van der Waals surface area contributed by atoms with Crippen molar-refractivity contribution in [3.8, 4) is 11.8 Å². The topological polar surface area (TPSA) is 45.0 Å². The molecule has 0 fully saturated rings. The molecule has 0 aliphatic heterocycles. The van der Waals surface area contributed by atoms with Gasteiger partial charge in [0.1, 0.15) is 5.75 Å². The lowest BCUT2D eigenvalue weighted by molar-refractivity contribution is 0.301. The molecule has 19 heavy (non-hydrogen) atoms. The van der Waals surface area contributed by atoms with E-state index in [-0.39, 0.29) is 6.04 Å². The molecule has 1 aromatic carbocycles. The summed E-state index contributed by atoms with van der Waals surface area (Å²) in [6.07, 6.45) is 2.41. The van der Waals surface area contributed by atoms with Gasteiger partial charge < -0.3 is 10.1 Å². The lowest BCUT2D eigenvalue weighted by Gasteiger charge is -2.18. The van der Waals surface area contributed by atoms with Crippen LogP contribution in [0.4, 0.5) is 0 Å². The molecule has 0 saturated heterocycles. The summed E-state index contributed by atoms with van der Waals surface area (Å²) in [7, 11) is 0. The molecule has 0 aliphatic carbocycles. The molecule has 0 radical (unpaired) electrons. The number of hydrogen-bond donors (Lipinski definition) is 1. The van der Waals surface area contributed by atoms with E-state index < -0.39 is 0 Å². The summed E-state index contributed by atoms with van der Waals surface area (Å²) in [5, 5.41) is 11.9. The number of rotatable bonds is 8. The Hall–Kier alpha value is -1.05. The van der Waals surface area contributed by atoms with Gasteiger partial charge in [-0.2, -0.15) is 5.26 Å². The number of nitrogens with zero attached hydrogens (tertiary/aromatic N) is 1. The van der Waals surface area contributed by atoms with Crippen LogP contribution in [0.5, 0.6) is 5.75 Å². The minimum Gasteiger partial charge on any atom is -0.493 e. The molecule has 0 aliphatic rings. The van der Waals surface area contributed by atoms with E-state index in [1.165, 1.54) is 0 Å². The van der Waals surface area contributed by atoms with Crippen LogP contribution in [0.2, 0.25) is 0 Å². The molecular formula is C15H21BrN2O. The average Bonchev–Trinajstić information content (AvgIpc) is 2.40. The minimum absolute atomic E-state index is 0.261. The molecule has 1 aromatic rings. The third kappa shape index (κ3) is 5.63. The second-order valence-electron chi connectivity index (χ2n) is 4.43. The summed E-state index contributed by atoms with van der Waals surface area (Å²) >= 11 is 3.50. The molecule has 0 aromatic heterocycles. The fourth-order valence-electron chi connectivity index (χ4n) is 1.89. The zero-order valence-corrected chi connectivity index (χ0v) is 13.2. The van der Waals surface area contributed by atoms with Gasteiger partial charge in [0.25, 0.3) is 0 Å². The molecule has 4 heteroatoms. The monoisotopic (exact) mass is 324 g/mol. The van der Waals surface area contributed by atoms with Gasteiger partial charge in [0, 0.05) is 22.5 Å². The number of unbranched alkanes of at least 4 members (excludes halogenated alkanes) is 2.